The van der Waals surface area contributed by atoms with Gasteiger partial charge in [-0.15, -0.1) is 0 Å². The van der Waals surface area contributed by atoms with Crippen molar-refractivity contribution in [3.8, 4) is 5.75 Å². The van der Waals surface area contributed by atoms with Gasteiger partial charge in [-0.2, -0.15) is 26.3 Å². The van der Waals surface area contributed by atoms with E-state index in [2.05, 4.69) is 15.6 Å². The number of ether oxygens (including phenoxy) is 1. The number of halogens is 6. The Morgan fingerprint density at radius 3 is 2.18 bits per heavy atom. The molecule has 1 unspecified atom stereocenters. The van der Waals surface area contributed by atoms with Gasteiger partial charge < -0.3 is 15.4 Å². The summed E-state index contributed by atoms with van der Waals surface area (Å²) < 4.78 is 83.6. The van der Waals surface area contributed by atoms with Crippen LogP contribution in [0.4, 0.5) is 32.0 Å². The number of hydrogen-bond acceptors (Lipinski definition) is 4. The molecule has 1 aliphatic carbocycles. The summed E-state index contributed by atoms with van der Waals surface area (Å²) in [5.41, 5.74) is -3.06. The molecular formula is C23H25F6N3O2. The third-order valence-electron chi connectivity index (χ3n) is 5.91. The van der Waals surface area contributed by atoms with Gasteiger partial charge in [0.1, 0.15) is 17.1 Å². The average molecular weight is 489 g/mol. The number of nitrogens with zero attached hydrogens (tertiary/aromatic N) is 1. The molecule has 2 N–H and O–H groups in total. The SMILES string of the molecule is COc1cccc(C(=O)N[C@H]2CC[C@@H](Nc3cc(C(F)(F)F)nc(C(F)(F)F)c3)CCC2C)c1. The predicted molar refractivity (Wildman–Crippen MR) is 114 cm³/mol. The zero-order valence-corrected chi connectivity index (χ0v) is 18.6. The van der Waals surface area contributed by atoms with E-state index in [9.17, 15) is 31.1 Å². The number of alkyl halides is 6. The van der Waals surface area contributed by atoms with Crippen LogP contribution in [0.5, 0.6) is 5.75 Å². The van der Waals surface area contributed by atoms with Crippen molar-refractivity contribution < 1.29 is 35.9 Å². The molecule has 3 rings (SSSR count). The van der Waals surface area contributed by atoms with E-state index in [1.165, 1.54) is 7.11 Å². The van der Waals surface area contributed by atoms with Crippen molar-refractivity contribution in [2.75, 3.05) is 12.4 Å². The van der Waals surface area contributed by atoms with Crippen LogP contribution in [0.25, 0.3) is 0 Å². The molecule has 186 valence electrons. The maximum atomic E-state index is 13.1. The van der Waals surface area contributed by atoms with E-state index < -0.39 is 23.7 Å². The van der Waals surface area contributed by atoms with Crippen LogP contribution in [0.1, 0.15) is 54.4 Å². The number of nitrogens with one attached hydrogen (secondary N) is 2. The zero-order valence-electron chi connectivity index (χ0n) is 18.6. The normalized spacial score (nSPS) is 21.5. The number of methoxy groups -OCH3 is 1. The Morgan fingerprint density at radius 2 is 1.59 bits per heavy atom. The monoisotopic (exact) mass is 489 g/mol. The van der Waals surface area contributed by atoms with Crippen LogP contribution in [0.3, 0.4) is 0 Å². The third-order valence-corrected chi connectivity index (χ3v) is 5.91. The Labute approximate surface area is 192 Å². The van der Waals surface area contributed by atoms with Crippen molar-refractivity contribution in [1.29, 1.82) is 0 Å². The minimum atomic E-state index is -5.01. The van der Waals surface area contributed by atoms with Gasteiger partial charge in [0.25, 0.3) is 5.91 Å². The van der Waals surface area contributed by atoms with Gasteiger partial charge in [-0.3, -0.25) is 4.79 Å². The highest BCUT2D eigenvalue weighted by molar-refractivity contribution is 5.94. The van der Waals surface area contributed by atoms with Crippen molar-refractivity contribution in [2.24, 2.45) is 5.92 Å². The predicted octanol–water partition coefficient (Wildman–Crippen LogP) is 5.92. The number of rotatable bonds is 5. The fourth-order valence-electron chi connectivity index (χ4n) is 3.99. The zero-order chi connectivity index (χ0) is 25.1. The lowest BCUT2D eigenvalue weighted by atomic mass is 9.96. The maximum Gasteiger partial charge on any atom is 0.433 e. The summed E-state index contributed by atoms with van der Waals surface area (Å²) in [4.78, 5) is 15.4. The number of anilines is 1. The molecule has 1 aromatic carbocycles. The van der Waals surface area contributed by atoms with Crippen LogP contribution in [0.2, 0.25) is 0 Å². The molecular weight excluding hydrogens is 464 g/mol. The molecule has 1 aromatic heterocycles. The Bertz CT molecular complexity index is 977. The highest BCUT2D eigenvalue weighted by Crippen LogP contribution is 2.36. The molecule has 0 bridgehead atoms. The smallest absolute Gasteiger partial charge is 0.433 e. The summed E-state index contributed by atoms with van der Waals surface area (Å²) >= 11 is 0. The molecule has 34 heavy (non-hydrogen) atoms. The first-order valence-corrected chi connectivity index (χ1v) is 10.7. The van der Waals surface area contributed by atoms with Crippen LogP contribution < -0.4 is 15.4 Å². The van der Waals surface area contributed by atoms with Crippen molar-refractivity contribution in [1.82, 2.24) is 10.3 Å². The minimum absolute atomic E-state index is 0.0651. The van der Waals surface area contributed by atoms with Crippen molar-refractivity contribution in [2.45, 2.75) is 57.0 Å². The second-order valence-corrected chi connectivity index (χ2v) is 8.41. The van der Waals surface area contributed by atoms with Crippen molar-refractivity contribution in [3.63, 3.8) is 0 Å². The van der Waals surface area contributed by atoms with Gasteiger partial charge in [0.05, 0.1) is 7.11 Å². The van der Waals surface area contributed by atoms with Gasteiger partial charge in [0.2, 0.25) is 0 Å². The lowest BCUT2D eigenvalue weighted by Crippen LogP contribution is -2.38. The average Bonchev–Trinajstić information content (AvgIpc) is 2.94. The summed E-state index contributed by atoms with van der Waals surface area (Å²) in [5.74, 6) is 0.329. The maximum absolute atomic E-state index is 13.1. The number of pyridine rings is 1. The number of carbonyl (C=O) groups is 1. The molecule has 0 radical (unpaired) electrons. The first-order valence-electron chi connectivity index (χ1n) is 10.7. The van der Waals surface area contributed by atoms with E-state index in [4.69, 9.17) is 4.74 Å². The minimum Gasteiger partial charge on any atom is -0.497 e. The van der Waals surface area contributed by atoms with E-state index >= 15 is 0 Å². The molecule has 0 spiro atoms. The summed E-state index contributed by atoms with van der Waals surface area (Å²) in [6, 6.07) is 7.31. The molecule has 3 atom stereocenters. The van der Waals surface area contributed by atoms with Crippen LogP contribution in [0, 0.1) is 5.92 Å². The molecule has 1 saturated carbocycles. The third kappa shape index (κ3) is 6.54. The molecule has 1 fully saturated rings. The Kier molecular flexibility index (Phi) is 7.62. The van der Waals surface area contributed by atoms with Gasteiger partial charge in [0, 0.05) is 23.3 Å². The first kappa shape index (κ1) is 25.6. The number of carbonyl (C=O) groups excluding carboxylic acids is 1. The van der Waals surface area contributed by atoms with Crippen molar-refractivity contribution in [3.05, 3.63) is 53.3 Å². The molecule has 1 aliphatic rings. The molecule has 1 amide bonds. The van der Waals surface area contributed by atoms with Gasteiger partial charge in [-0.25, -0.2) is 4.98 Å². The fraction of sp³-hybridized carbons (Fsp3) is 0.478. The summed E-state index contributed by atoms with van der Waals surface area (Å²) in [7, 11) is 1.50. The number of benzene rings is 1. The van der Waals surface area contributed by atoms with Gasteiger partial charge >= 0.3 is 12.4 Å². The summed E-state index contributed by atoms with van der Waals surface area (Å²) in [5, 5.41) is 5.81. The largest absolute Gasteiger partial charge is 0.497 e. The number of amides is 1. The quantitative estimate of drug-likeness (QED) is 0.405. The summed E-state index contributed by atoms with van der Waals surface area (Å²) in [6.07, 6.45) is -7.89. The Morgan fingerprint density at radius 1 is 0.971 bits per heavy atom. The Balaban J connectivity index is 1.70. The molecule has 1 heterocycles. The fourth-order valence-corrected chi connectivity index (χ4v) is 3.99. The highest BCUT2D eigenvalue weighted by atomic mass is 19.4. The van der Waals surface area contributed by atoms with E-state index in [1.807, 2.05) is 6.92 Å². The molecule has 5 nitrogen and oxygen atoms in total. The van der Waals surface area contributed by atoms with E-state index in [0.29, 0.717) is 49.1 Å². The molecule has 2 aromatic rings. The van der Waals surface area contributed by atoms with Crippen LogP contribution in [-0.4, -0.2) is 30.1 Å². The van der Waals surface area contributed by atoms with E-state index in [0.717, 1.165) is 0 Å². The van der Waals surface area contributed by atoms with E-state index in [1.54, 1.807) is 24.3 Å². The molecule has 0 aliphatic heterocycles. The number of hydrogen-bond donors (Lipinski definition) is 2. The lowest BCUT2D eigenvalue weighted by molar-refractivity contribution is -0.150. The van der Waals surface area contributed by atoms with Crippen molar-refractivity contribution >= 4 is 11.6 Å². The highest BCUT2D eigenvalue weighted by Gasteiger charge is 2.39. The molecule has 0 saturated heterocycles. The topological polar surface area (TPSA) is 63.2 Å². The van der Waals surface area contributed by atoms with Gasteiger partial charge in [-0.1, -0.05) is 13.0 Å². The summed E-state index contributed by atoms with van der Waals surface area (Å²) in [6.45, 7) is 1.95. The molecule has 11 heteroatoms. The standard InChI is InChI=1S/C23H25F6N3O2/c1-13-6-7-15(8-9-18(13)31-21(33)14-4-3-5-17(10-14)34-2)30-16-11-19(22(24,25)26)32-20(12-16)23(27,28)29/h3-5,10-13,15,18H,6-9H2,1-2H3,(H,30,32)(H,31,33)/t13?,15-,18-/m0/s1. The van der Waals surface area contributed by atoms with Gasteiger partial charge in [-0.05, 0) is 61.9 Å². The first-order chi connectivity index (χ1) is 15.9. The number of aromatic nitrogens is 1. The van der Waals surface area contributed by atoms with E-state index in [-0.39, 0.29) is 29.6 Å². The Hall–Kier alpha value is -2.98. The van der Waals surface area contributed by atoms with Gasteiger partial charge in [0.15, 0.2) is 0 Å². The van der Waals surface area contributed by atoms with Crippen LogP contribution >= 0.6 is 0 Å². The lowest BCUT2D eigenvalue weighted by Gasteiger charge is -2.23. The second kappa shape index (κ2) is 10.1. The second-order valence-electron chi connectivity index (χ2n) is 8.41. The van der Waals surface area contributed by atoms with Crippen LogP contribution in [0.15, 0.2) is 36.4 Å². The van der Waals surface area contributed by atoms with Crippen LogP contribution in [-0.2, 0) is 12.4 Å².